The van der Waals surface area contributed by atoms with Crippen molar-refractivity contribution < 1.29 is 4.42 Å². The second kappa shape index (κ2) is 2.99. The molecular weight excluding hydrogens is 178 g/mol. The Balaban J connectivity index is 2.05. The molecule has 2 aromatic rings. The van der Waals surface area contributed by atoms with Crippen LogP contribution < -0.4 is 10.2 Å². The van der Waals surface area contributed by atoms with E-state index in [0.29, 0.717) is 0 Å². The van der Waals surface area contributed by atoms with Gasteiger partial charge in [0.1, 0.15) is 5.52 Å². The third kappa shape index (κ3) is 1.15. The zero-order valence-electron chi connectivity index (χ0n) is 7.73. The van der Waals surface area contributed by atoms with Gasteiger partial charge in [0.15, 0.2) is 5.58 Å². The van der Waals surface area contributed by atoms with E-state index in [2.05, 4.69) is 15.2 Å². The summed E-state index contributed by atoms with van der Waals surface area (Å²) in [6, 6.07) is 8.55. The molecule has 0 amide bonds. The Kier molecular flexibility index (Phi) is 1.67. The van der Waals surface area contributed by atoms with Crippen LogP contribution in [0.2, 0.25) is 0 Å². The van der Waals surface area contributed by atoms with Gasteiger partial charge in [0.2, 0.25) is 0 Å². The van der Waals surface area contributed by atoms with Crippen molar-refractivity contribution in [3.8, 4) is 0 Å². The van der Waals surface area contributed by atoms with Gasteiger partial charge in [0, 0.05) is 13.1 Å². The number of benzene rings is 1. The SMILES string of the molecule is c1ccc2oc(N3CCNC3)nc2c1. The largest absolute Gasteiger partial charge is 0.423 e. The number of rotatable bonds is 1. The highest BCUT2D eigenvalue weighted by Gasteiger charge is 2.16. The first-order valence-corrected chi connectivity index (χ1v) is 4.75. The molecule has 1 fully saturated rings. The minimum atomic E-state index is 0.719. The molecule has 1 saturated heterocycles. The van der Waals surface area contributed by atoms with Crippen LogP contribution in [-0.2, 0) is 0 Å². The predicted molar refractivity (Wildman–Crippen MR) is 54.2 cm³/mol. The molecular formula is C10H11N3O. The molecule has 1 aromatic heterocycles. The lowest BCUT2D eigenvalue weighted by atomic mass is 10.3. The van der Waals surface area contributed by atoms with Gasteiger partial charge in [0.25, 0.3) is 6.01 Å². The van der Waals surface area contributed by atoms with Gasteiger partial charge in [-0.05, 0) is 12.1 Å². The van der Waals surface area contributed by atoms with E-state index >= 15 is 0 Å². The van der Waals surface area contributed by atoms with Crippen molar-refractivity contribution in [2.45, 2.75) is 0 Å². The van der Waals surface area contributed by atoms with Crippen LogP contribution in [0.5, 0.6) is 0 Å². The van der Waals surface area contributed by atoms with Crippen LogP contribution in [0, 0.1) is 0 Å². The number of oxazole rings is 1. The third-order valence-electron chi connectivity index (χ3n) is 2.41. The fourth-order valence-electron chi connectivity index (χ4n) is 1.67. The molecule has 3 rings (SSSR count). The molecule has 1 aliphatic heterocycles. The molecule has 0 spiro atoms. The highest BCUT2D eigenvalue weighted by molar-refractivity contribution is 5.74. The topological polar surface area (TPSA) is 41.3 Å². The molecule has 14 heavy (non-hydrogen) atoms. The second-order valence-corrected chi connectivity index (χ2v) is 3.39. The van der Waals surface area contributed by atoms with Crippen molar-refractivity contribution in [1.29, 1.82) is 0 Å². The van der Waals surface area contributed by atoms with E-state index in [4.69, 9.17) is 4.42 Å². The van der Waals surface area contributed by atoms with Gasteiger partial charge in [-0.25, -0.2) is 0 Å². The van der Waals surface area contributed by atoms with E-state index in [0.717, 1.165) is 36.9 Å². The average molecular weight is 189 g/mol. The van der Waals surface area contributed by atoms with Gasteiger partial charge < -0.3 is 9.32 Å². The average Bonchev–Trinajstić information content (AvgIpc) is 2.86. The second-order valence-electron chi connectivity index (χ2n) is 3.39. The summed E-state index contributed by atoms with van der Waals surface area (Å²) in [6.07, 6.45) is 0. The Bertz CT molecular complexity index is 412. The summed E-state index contributed by atoms with van der Waals surface area (Å²) in [6.45, 7) is 2.79. The quantitative estimate of drug-likeness (QED) is 0.731. The van der Waals surface area contributed by atoms with Gasteiger partial charge in [-0.3, -0.25) is 5.32 Å². The molecule has 4 nitrogen and oxygen atoms in total. The summed E-state index contributed by atoms with van der Waals surface area (Å²) < 4.78 is 5.63. The molecule has 0 atom stereocenters. The number of nitrogens with zero attached hydrogens (tertiary/aromatic N) is 2. The molecule has 2 heterocycles. The highest BCUT2D eigenvalue weighted by atomic mass is 16.4. The Labute approximate surface area is 81.5 Å². The Morgan fingerprint density at radius 1 is 1.36 bits per heavy atom. The van der Waals surface area contributed by atoms with Gasteiger partial charge in [-0.2, -0.15) is 4.98 Å². The van der Waals surface area contributed by atoms with E-state index in [-0.39, 0.29) is 0 Å². The molecule has 0 saturated carbocycles. The van der Waals surface area contributed by atoms with Crippen molar-refractivity contribution in [3.63, 3.8) is 0 Å². The molecule has 72 valence electrons. The lowest BCUT2D eigenvalue weighted by Crippen LogP contribution is -2.21. The van der Waals surface area contributed by atoms with Gasteiger partial charge in [-0.1, -0.05) is 12.1 Å². The molecule has 1 N–H and O–H groups in total. The summed E-state index contributed by atoms with van der Waals surface area (Å²) in [5.74, 6) is 0. The smallest absolute Gasteiger partial charge is 0.299 e. The van der Waals surface area contributed by atoms with E-state index in [1.54, 1.807) is 0 Å². The molecule has 0 aliphatic carbocycles. The van der Waals surface area contributed by atoms with Gasteiger partial charge in [0.05, 0.1) is 6.67 Å². The van der Waals surface area contributed by atoms with Crippen LogP contribution in [0.3, 0.4) is 0 Å². The third-order valence-corrected chi connectivity index (χ3v) is 2.41. The normalized spacial score (nSPS) is 16.7. The lowest BCUT2D eigenvalue weighted by molar-refractivity contribution is 0.584. The van der Waals surface area contributed by atoms with Crippen LogP contribution in [0.25, 0.3) is 11.1 Å². The predicted octanol–water partition coefficient (Wildman–Crippen LogP) is 1.19. The molecule has 1 aliphatic rings. The van der Waals surface area contributed by atoms with E-state index in [1.807, 2.05) is 24.3 Å². The number of hydrogen-bond acceptors (Lipinski definition) is 4. The lowest BCUT2D eigenvalue weighted by Gasteiger charge is -2.09. The van der Waals surface area contributed by atoms with Crippen LogP contribution in [0.1, 0.15) is 0 Å². The summed E-state index contributed by atoms with van der Waals surface area (Å²) in [5, 5.41) is 3.24. The van der Waals surface area contributed by atoms with Crippen LogP contribution >= 0.6 is 0 Å². The van der Waals surface area contributed by atoms with Crippen molar-refractivity contribution in [2.24, 2.45) is 0 Å². The molecule has 0 radical (unpaired) electrons. The fraction of sp³-hybridized carbons (Fsp3) is 0.300. The fourth-order valence-corrected chi connectivity index (χ4v) is 1.67. The first-order chi connectivity index (χ1) is 6.93. The van der Waals surface area contributed by atoms with Crippen molar-refractivity contribution >= 4 is 17.1 Å². The van der Waals surface area contributed by atoms with Crippen LogP contribution in [0.15, 0.2) is 28.7 Å². The standard InChI is InChI=1S/C10H11N3O/c1-2-4-9-8(3-1)12-10(14-9)13-6-5-11-7-13/h1-4,11H,5-7H2. The maximum Gasteiger partial charge on any atom is 0.299 e. The zero-order valence-corrected chi connectivity index (χ0v) is 7.73. The Hall–Kier alpha value is -1.55. The van der Waals surface area contributed by atoms with Gasteiger partial charge in [-0.15, -0.1) is 0 Å². The number of aromatic nitrogens is 1. The minimum Gasteiger partial charge on any atom is -0.423 e. The first kappa shape index (κ1) is 7.82. The monoisotopic (exact) mass is 189 g/mol. The molecule has 0 bridgehead atoms. The molecule has 0 unspecified atom stereocenters. The van der Waals surface area contributed by atoms with E-state index in [1.165, 1.54) is 0 Å². The maximum absolute atomic E-state index is 5.63. The highest BCUT2D eigenvalue weighted by Crippen LogP contribution is 2.21. The number of nitrogens with one attached hydrogen (secondary N) is 1. The van der Waals surface area contributed by atoms with E-state index in [9.17, 15) is 0 Å². The number of hydrogen-bond donors (Lipinski definition) is 1. The van der Waals surface area contributed by atoms with Gasteiger partial charge >= 0.3 is 0 Å². The van der Waals surface area contributed by atoms with Crippen molar-refractivity contribution in [3.05, 3.63) is 24.3 Å². The number of para-hydroxylation sites is 2. The molecule has 1 aromatic carbocycles. The maximum atomic E-state index is 5.63. The Morgan fingerprint density at radius 3 is 3.07 bits per heavy atom. The summed E-state index contributed by atoms with van der Waals surface area (Å²) in [7, 11) is 0. The summed E-state index contributed by atoms with van der Waals surface area (Å²) >= 11 is 0. The van der Waals surface area contributed by atoms with E-state index < -0.39 is 0 Å². The number of fused-ring (bicyclic) bond motifs is 1. The van der Waals surface area contributed by atoms with Crippen LogP contribution in [-0.4, -0.2) is 24.7 Å². The van der Waals surface area contributed by atoms with Crippen molar-refractivity contribution in [2.75, 3.05) is 24.7 Å². The number of anilines is 1. The summed E-state index contributed by atoms with van der Waals surface area (Å²) in [4.78, 5) is 6.51. The first-order valence-electron chi connectivity index (χ1n) is 4.75. The summed E-state index contributed by atoms with van der Waals surface area (Å²) in [5.41, 5.74) is 1.78. The molecule has 4 heteroatoms. The van der Waals surface area contributed by atoms with Crippen molar-refractivity contribution in [1.82, 2.24) is 10.3 Å². The minimum absolute atomic E-state index is 0.719. The van der Waals surface area contributed by atoms with Crippen LogP contribution in [0.4, 0.5) is 6.01 Å². The zero-order chi connectivity index (χ0) is 9.38. The Morgan fingerprint density at radius 2 is 2.29 bits per heavy atom.